The molecule has 4 heavy (non-hydrogen) atoms. The zero-order valence-electron chi connectivity index (χ0n) is 2.41. The van der Waals surface area contributed by atoms with Crippen molar-refractivity contribution in [3.8, 4) is 0 Å². The van der Waals surface area contributed by atoms with Crippen LogP contribution in [0.15, 0.2) is 0 Å². The largest absolute Gasteiger partial charge is 0 e. The first-order valence-corrected chi connectivity index (χ1v) is 1.06. The SMILES string of the molecule is [Li].[O]=[Ge].[Zr]. The molecule has 0 saturated carbocycles. The van der Waals surface area contributed by atoms with E-state index in [1.807, 2.05) is 0 Å². The standard InChI is InChI=1S/GeO.Li.Zr/c1-2;;. The van der Waals surface area contributed by atoms with E-state index < -0.39 is 0 Å². The van der Waals surface area contributed by atoms with E-state index in [-0.39, 0.29) is 45.1 Å². The van der Waals surface area contributed by atoms with Crippen molar-refractivity contribution in [2.45, 2.75) is 0 Å². The maximum absolute atomic E-state index is 8.25. The van der Waals surface area contributed by atoms with E-state index in [0.717, 1.165) is 16.5 Å². The molecule has 0 aromatic heterocycles. The molecular formula is GeLiOZr. The van der Waals surface area contributed by atoms with Gasteiger partial charge in [-0.2, -0.15) is 0 Å². The Hall–Kier alpha value is 1.82. The van der Waals surface area contributed by atoms with Crippen molar-refractivity contribution in [1.82, 2.24) is 0 Å². The molecule has 0 rings (SSSR count). The van der Waals surface area contributed by atoms with Crippen molar-refractivity contribution < 1.29 is 30.0 Å². The van der Waals surface area contributed by atoms with Crippen molar-refractivity contribution >= 4 is 35.3 Å². The Balaban J connectivity index is -0.00000000500. The molecule has 0 saturated heterocycles. The quantitative estimate of drug-likeness (QED) is 0.449. The maximum atomic E-state index is 8.25. The van der Waals surface area contributed by atoms with Gasteiger partial charge in [-0.1, -0.05) is 0 Å². The average molecular weight is 187 g/mol. The first-order valence-electron chi connectivity index (χ1n) is 0.204. The summed E-state index contributed by atoms with van der Waals surface area (Å²) in [5.41, 5.74) is 0. The maximum Gasteiger partial charge on any atom is 0 e. The van der Waals surface area contributed by atoms with Crippen LogP contribution in [-0.4, -0.2) is 35.3 Å². The first kappa shape index (κ1) is 17.0. The molecule has 3 radical (unpaired) electrons. The molecule has 0 aromatic rings. The Morgan fingerprint density at radius 1 is 1.25 bits per heavy atom. The molecule has 0 atom stereocenters. The minimum atomic E-state index is 0. The van der Waals surface area contributed by atoms with Gasteiger partial charge >= 0.3 is 20.2 Å². The van der Waals surface area contributed by atoms with Gasteiger partial charge in [-0.3, -0.25) is 0 Å². The molecule has 0 heterocycles. The summed E-state index contributed by atoms with van der Waals surface area (Å²) in [4.78, 5) is 0. The summed E-state index contributed by atoms with van der Waals surface area (Å²) in [6.45, 7) is 0. The molecule has 0 amide bonds. The fraction of sp³-hybridized carbons (Fsp3) is 0. The Kier molecular flexibility index (Phi) is 90.1. The number of rotatable bonds is 0. The molecule has 15 valence electrons. The molecule has 0 aromatic carbocycles. The predicted octanol–water partition coefficient (Wildman–Crippen LogP) is -0.883. The zero-order valence-corrected chi connectivity index (χ0v) is 6.96. The van der Waals surface area contributed by atoms with Crippen LogP contribution in [0.3, 0.4) is 0 Å². The molecule has 0 aliphatic carbocycles. The van der Waals surface area contributed by atoms with E-state index in [0.29, 0.717) is 0 Å². The summed E-state index contributed by atoms with van der Waals surface area (Å²) in [6, 6.07) is 0. The van der Waals surface area contributed by atoms with Crippen molar-refractivity contribution in [3.05, 3.63) is 0 Å². The van der Waals surface area contributed by atoms with Gasteiger partial charge in [0, 0.05) is 45.1 Å². The summed E-state index contributed by atoms with van der Waals surface area (Å²) in [5, 5.41) is 0. The van der Waals surface area contributed by atoms with Crippen LogP contribution < -0.4 is 0 Å². The number of hydrogen-bond acceptors (Lipinski definition) is 1. The van der Waals surface area contributed by atoms with Crippen LogP contribution in [0.1, 0.15) is 0 Å². The van der Waals surface area contributed by atoms with E-state index in [4.69, 9.17) is 3.78 Å². The van der Waals surface area contributed by atoms with Crippen molar-refractivity contribution in [3.63, 3.8) is 0 Å². The molecule has 0 spiro atoms. The smallest absolute Gasteiger partial charge is 0 e. The van der Waals surface area contributed by atoms with Gasteiger partial charge in [0.05, 0.1) is 0 Å². The Morgan fingerprint density at radius 2 is 1.25 bits per heavy atom. The number of hydrogen-bond donors (Lipinski definition) is 0. The summed E-state index contributed by atoms with van der Waals surface area (Å²) in [7, 11) is 0. The van der Waals surface area contributed by atoms with Crippen LogP contribution >= 0.6 is 0 Å². The van der Waals surface area contributed by atoms with Gasteiger partial charge in [-0.25, -0.2) is 0 Å². The molecule has 0 aliphatic rings. The van der Waals surface area contributed by atoms with E-state index in [2.05, 4.69) is 0 Å². The normalized spacial score (nSPS) is 1.00. The second kappa shape index (κ2) is 21.2. The molecular weight excluding hydrogens is 187 g/mol. The van der Waals surface area contributed by atoms with E-state index in [1.165, 1.54) is 0 Å². The fourth-order valence-corrected chi connectivity index (χ4v) is 0. The molecule has 4 heteroatoms. The Labute approximate surface area is 64.6 Å². The van der Waals surface area contributed by atoms with Crippen LogP contribution in [0.2, 0.25) is 0 Å². The van der Waals surface area contributed by atoms with E-state index in [1.54, 1.807) is 0 Å². The Bertz CT molecular complexity index is 8.00. The summed E-state index contributed by atoms with van der Waals surface area (Å²) in [6.07, 6.45) is 0. The van der Waals surface area contributed by atoms with Crippen molar-refractivity contribution in [2.75, 3.05) is 0 Å². The molecule has 0 bridgehead atoms. The third kappa shape index (κ3) is 9.17. The van der Waals surface area contributed by atoms with Gasteiger partial charge < -0.3 is 0 Å². The van der Waals surface area contributed by atoms with Gasteiger partial charge in [0.25, 0.3) is 0 Å². The third-order valence-electron chi connectivity index (χ3n) is 0. The second-order valence-corrected chi connectivity index (χ2v) is 0. The fourth-order valence-electron chi connectivity index (χ4n) is 0. The zero-order chi connectivity index (χ0) is 2.00. The average Bonchev–Trinajstić information content (AvgIpc) is 1.00. The molecule has 1 nitrogen and oxygen atoms in total. The molecule has 0 fully saturated rings. The van der Waals surface area contributed by atoms with Gasteiger partial charge in [0.1, 0.15) is 0 Å². The first-order chi connectivity index (χ1) is 1.00. The van der Waals surface area contributed by atoms with Crippen LogP contribution in [0, 0.1) is 0 Å². The topological polar surface area (TPSA) is 17.1 Å². The van der Waals surface area contributed by atoms with Gasteiger partial charge in [0.15, 0.2) is 0 Å². The van der Waals surface area contributed by atoms with Crippen LogP contribution in [-0.2, 0) is 30.0 Å². The Morgan fingerprint density at radius 3 is 1.25 bits per heavy atom. The monoisotopic (exact) mass is 187 g/mol. The molecule has 0 aliphatic heterocycles. The summed E-state index contributed by atoms with van der Waals surface area (Å²) >= 11 is 0.750. The molecule has 0 N–H and O–H groups in total. The van der Waals surface area contributed by atoms with Crippen LogP contribution in [0.25, 0.3) is 0 Å². The van der Waals surface area contributed by atoms with E-state index >= 15 is 0 Å². The van der Waals surface area contributed by atoms with Gasteiger partial charge in [0.2, 0.25) is 0 Å². The minimum Gasteiger partial charge on any atom is 0 e. The van der Waals surface area contributed by atoms with Gasteiger partial charge in [-0.15, -0.1) is 0 Å². The minimum absolute atomic E-state index is 0. The van der Waals surface area contributed by atoms with Crippen molar-refractivity contribution in [2.24, 2.45) is 0 Å². The van der Waals surface area contributed by atoms with Crippen LogP contribution in [0.4, 0.5) is 0 Å². The van der Waals surface area contributed by atoms with Gasteiger partial charge in [-0.05, 0) is 0 Å². The molecule has 0 unspecified atom stereocenters. The summed E-state index contributed by atoms with van der Waals surface area (Å²) in [5.74, 6) is 0. The predicted molar refractivity (Wildman–Crippen MR) is 12.2 cm³/mol. The van der Waals surface area contributed by atoms with E-state index in [9.17, 15) is 0 Å². The summed E-state index contributed by atoms with van der Waals surface area (Å²) < 4.78 is 8.25. The third-order valence-corrected chi connectivity index (χ3v) is 0. The van der Waals surface area contributed by atoms with Crippen LogP contribution in [0.5, 0.6) is 0 Å². The second-order valence-electron chi connectivity index (χ2n) is 0. The van der Waals surface area contributed by atoms with Crippen molar-refractivity contribution in [1.29, 1.82) is 0 Å².